The molecule has 0 radical (unpaired) electrons. The molecule has 0 bridgehead atoms. The minimum atomic E-state index is 0.229. The van der Waals surface area contributed by atoms with Gasteiger partial charge < -0.3 is 4.74 Å². The van der Waals surface area contributed by atoms with Crippen molar-refractivity contribution in [1.29, 1.82) is 0 Å². The molecule has 0 saturated carbocycles. The van der Waals surface area contributed by atoms with Crippen molar-refractivity contribution >= 4 is 17.4 Å². The molecule has 1 unspecified atom stereocenters. The Kier molecular flexibility index (Phi) is 5.50. The van der Waals surface area contributed by atoms with E-state index in [0.717, 1.165) is 5.56 Å². The van der Waals surface area contributed by atoms with Crippen LogP contribution in [0.2, 0.25) is 5.02 Å². The number of hydrogen-bond acceptors (Lipinski definition) is 2. The van der Waals surface area contributed by atoms with E-state index in [4.69, 9.17) is 16.3 Å². The van der Waals surface area contributed by atoms with E-state index < -0.39 is 0 Å². The summed E-state index contributed by atoms with van der Waals surface area (Å²) in [6.07, 6.45) is 1.01. The molecule has 16 heavy (non-hydrogen) atoms. The molecule has 0 saturated heterocycles. The highest BCUT2D eigenvalue weighted by molar-refractivity contribution is 6.30. The van der Waals surface area contributed by atoms with Gasteiger partial charge in [-0.15, -0.1) is 0 Å². The van der Waals surface area contributed by atoms with Crippen LogP contribution in [0.25, 0.3) is 0 Å². The summed E-state index contributed by atoms with van der Waals surface area (Å²) >= 11 is 5.85. The van der Waals surface area contributed by atoms with Crippen LogP contribution < -0.4 is 0 Å². The first kappa shape index (κ1) is 13.2. The van der Waals surface area contributed by atoms with Crippen molar-refractivity contribution in [2.75, 3.05) is 13.7 Å². The average molecular weight is 241 g/mol. The van der Waals surface area contributed by atoms with Crippen LogP contribution >= 0.6 is 11.6 Å². The van der Waals surface area contributed by atoms with E-state index in [1.807, 2.05) is 31.2 Å². The summed E-state index contributed by atoms with van der Waals surface area (Å²) in [5.74, 6) is 0.503. The van der Waals surface area contributed by atoms with Crippen molar-refractivity contribution in [1.82, 2.24) is 0 Å². The second kappa shape index (κ2) is 6.66. The average Bonchev–Trinajstić information content (AvgIpc) is 2.17. The van der Waals surface area contributed by atoms with E-state index in [-0.39, 0.29) is 11.7 Å². The minimum absolute atomic E-state index is 0.229. The van der Waals surface area contributed by atoms with Crippen LogP contribution in [0.5, 0.6) is 0 Å². The Balaban J connectivity index is 2.45. The van der Waals surface area contributed by atoms with Crippen molar-refractivity contribution in [2.45, 2.75) is 19.8 Å². The third kappa shape index (κ3) is 4.77. The Labute approximate surface area is 102 Å². The van der Waals surface area contributed by atoms with Gasteiger partial charge >= 0.3 is 0 Å². The minimum Gasteiger partial charge on any atom is -0.384 e. The van der Waals surface area contributed by atoms with E-state index >= 15 is 0 Å². The van der Waals surface area contributed by atoms with E-state index in [1.54, 1.807) is 7.11 Å². The lowest BCUT2D eigenvalue weighted by molar-refractivity contribution is -0.119. The van der Waals surface area contributed by atoms with Crippen LogP contribution in [0.3, 0.4) is 0 Å². The van der Waals surface area contributed by atoms with Gasteiger partial charge in [-0.25, -0.2) is 0 Å². The maximum Gasteiger partial charge on any atom is 0.137 e. The highest BCUT2D eigenvalue weighted by atomic mass is 35.5. The molecule has 0 aliphatic carbocycles. The van der Waals surface area contributed by atoms with Crippen molar-refractivity contribution < 1.29 is 9.53 Å². The first-order valence-corrected chi connectivity index (χ1v) is 5.74. The molecule has 0 aliphatic rings. The number of carbonyl (C=O) groups excluding carboxylic acids is 1. The van der Waals surface area contributed by atoms with Crippen molar-refractivity contribution in [2.24, 2.45) is 5.92 Å². The molecule has 0 amide bonds. The van der Waals surface area contributed by atoms with E-state index in [0.29, 0.717) is 24.5 Å². The molecule has 0 aliphatic heterocycles. The zero-order valence-corrected chi connectivity index (χ0v) is 10.5. The number of ketones is 1. The van der Waals surface area contributed by atoms with E-state index in [1.165, 1.54) is 0 Å². The first-order chi connectivity index (χ1) is 7.61. The van der Waals surface area contributed by atoms with Crippen LogP contribution in [0, 0.1) is 5.92 Å². The highest BCUT2D eigenvalue weighted by Gasteiger charge is 2.09. The summed E-state index contributed by atoms with van der Waals surface area (Å²) in [4.78, 5) is 11.7. The molecule has 0 aromatic heterocycles. The van der Waals surface area contributed by atoms with Crippen LogP contribution in [-0.2, 0) is 16.0 Å². The maximum absolute atomic E-state index is 11.7. The zero-order valence-electron chi connectivity index (χ0n) is 9.70. The molecule has 3 heteroatoms. The molecule has 0 fully saturated rings. The van der Waals surface area contributed by atoms with Gasteiger partial charge in [-0.3, -0.25) is 4.79 Å². The summed E-state index contributed by atoms with van der Waals surface area (Å²) in [5, 5.41) is 0.676. The Morgan fingerprint density at radius 1 is 1.50 bits per heavy atom. The molecular formula is C13H17ClO2. The quantitative estimate of drug-likeness (QED) is 0.764. The maximum atomic E-state index is 11.7. The largest absolute Gasteiger partial charge is 0.384 e. The first-order valence-electron chi connectivity index (χ1n) is 5.37. The Bertz CT molecular complexity index is 350. The van der Waals surface area contributed by atoms with Gasteiger partial charge in [-0.1, -0.05) is 30.7 Å². The monoisotopic (exact) mass is 240 g/mol. The number of rotatable bonds is 6. The SMILES string of the molecule is COCC(C)CC(=O)Cc1cccc(Cl)c1. The van der Waals surface area contributed by atoms with Gasteiger partial charge in [-0.05, 0) is 23.6 Å². The summed E-state index contributed by atoms with van der Waals surface area (Å²) in [6.45, 7) is 2.64. The van der Waals surface area contributed by atoms with Gasteiger partial charge in [-0.2, -0.15) is 0 Å². The predicted molar refractivity (Wildman–Crippen MR) is 65.8 cm³/mol. The number of methoxy groups -OCH3 is 1. The van der Waals surface area contributed by atoms with Gasteiger partial charge in [0.25, 0.3) is 0 Å². The number of hydrogen-bond donors (Lipinski definition) is 0. The summed E-state index contributed by atoms with van der Waals surface area (Å²) in [6, 6.07) is 7.43. The number of benzene rings is 1. The fraction of sp³-hybridized carbons (Fsp3) is 0.462. The third-order valence-corrected chi connectivity index (χ3v) is 2.55. The smallest absolute Gasteiger partial charge is 0.137 e. The number of ether oxygens (including phenoxy) is 1. The molecule has 0 spiro atoms. The molecule has 1 aromatic carbocycles. The lowest BCUT2D eigenvalue weighted by Crippen LogP contribution is -2.12. The summed E-state index contributed by atoms with van der Waals surface area (Å²) < 4.78 is 5.00. The zero-order chi connectivity index (χ0) is 12.0. The normalized spacial score (nSPS) is 12.4. The van der Waals surface area contributed by atoms with Crippen molar-refractivity contribution in [3.63, 3.8) is 0 Å². The van der Waals surface area contributed by atoms with Gasteiger partial charge in [0.1, 0.15) is 5.78 Å². The van der Waals surface area contributed by atoms with Crippen molar-refractivity contribution in [3.8, 4) is 0 Å². The fourth-order valence-corrected chi connectivity index (χ4v) is 1.89. The fourth-order valence-electron chi connectivity index (χ4n) is 1.68. The van der Waals surface area contributed by atoms with Crippen LogP contribution in [-0.4, -0.2) is 19.5 Å². The second-order valence-electron chi connectivity index (χ2n) is 4.11. The molecule has 0 heterocycles. The third-order valence-electron chi connectivity index (χ3n) is 2.32. The summed E-state index contributed by atoms with van der Waals surface area (Å²) in [5.41, 5.74) is 0.974. The number of carbonyl (C=O) groups is 1. The Morgan fingerprint density at radius 2 is 2.25 bits per heavy atom. The lowest BCUT2D eigenvalue weighted by atomic mass is 10.0. The van der Waals surface area contributed by atoms with Crippen LogP contribution in [0.15, 0.2) is 24.3 Å². The number of Topliss-reactive ketones (excluding diaryl/α,β-unsaturated/α-hetero) is 1. The van der Waals surface area contributed by atoms with Crippen molar-refractivity contribution in [3.05, 3.63) is 34.9 Å². The van der Waals surface area contributed by atoms with Crippen LogP contribution in [0.1, 0.15) is 18.9 Å². The molecule has 0 N–H and O–H groups in total. The van der Waals surface area contributed by atoms with E-state index in [9.17, 15) is 4.79 Å². The Hall–Kier alpha value is -0.860. The predicted octanol–water partition coefficient (Wildman–Crippen LogP) is 3.12. The van der Waals surface area contributed by atoms with Gasteiger partial charge in [0.2, 0.25) is 0 Å². The molecule has 2 nitrogen and oxygen atoms in total. The molecule has 1 rings (SSSR count). The summed E-state index contributed by atoms with van der Waals surface area (Å²) in [7, 11) is 1.65. The second-order valence-corrected chi connectivity index (χ2v) is 4.55. The highest BCUT2D eigenvalue weighted by Crippen LogP contribution is 2.13. The topological polar surface area (TPSA) is 26.3 Å². The number of halogens is 1. The lowest BCUT2D eigenvalue weighted by Gasteiger charge is -2.08. The van der Waals surface area contributed by atoms with E-state index in [2.05, 4.69) is 0 Å². The molecule has 1 aromatic rings. The van der Waals surface area contributed by atoms with Gasteiger partial charge in [0, 0.05) is 31.6 Å². The molecular weight excluding hydrogens is 224 g/mol. The van der Waals surface area contributed by atoms with Gasteiger partial charge in [0.05, 0.1) is 0 Å². The molecule has 88 valence electrons. The standard InChI is InChI=1S/C13H17ClO2/c1-10(9-16-2)6-13(15)8-11-4-3-5-12(14)7-11/h3-5,7,10H,6,8-9H2,1-2H3. The van der Waals surface area contributed by atoms with Gasteiger partial charge in [0.15, 0.2) is 0 Å². The van der Waals surface area contributed by atoms with Crippen LogP contribution in [0.4, 0.5) is 0 Å². The molecule has 1 atom stereocenters. The Morgan fingerprint density at radius 3 is 2.88 bits per heavy atom.